The van der Waals surface area contributed by atoms with E-state index >= 15 is 0 Å². The first-order chi connectivity index (χ1) is 11.6. The predicted octanol–water partition coefficient (Wildman–Crippen LogP) is 4.47. The van der Waals surface area contributed by atoms with Crippen molar-refractivity contribution < 1.29 is 0 Å². The van der Waals surface area contributed by atoms with Gasteiger partial charge in [-0.3, -0.25) is 0 Å². The number of anilines is 3. The molecule has 0 atom stereocenters. The maximum Gasteiger partial charge on any atom is 0.135 e. The van der Waals surface area contributed by atoms with Crippen molar-refractivity contribution >= 4 is 17.3 Å². The third-order valence-electron chi connectivity index (χ3n) is 3.80. The van der Waals surface area contributed by atoms with Gasteiger partial charge in [0.05, 0.1) is 0 Å². The van der Waals surface area contributed by atoms with Gasteiger partial charge in [-0.1, -0.05) is 36.4 Å². The van der Waals surface area contributed by atoms with Crippen LogP contribution in [0.5, 0.6) is 0 Å². The second-order valence-electron chi connectivity index (χ2n) is 6.10. The molecular formula is C20H22N4. The average Bonchev–Trinajstić information content (AvgIpc) is 2.55. The lowest BCUT2D eigenvalue weighted by atomic mass is 10.1. The zero-order valence-corrected chi connectivity index (χ0v) is 14.3. The molecule has 1 heterocycles. The molecule has 0 amide bonds. The van der Waals surface area contributed by atoms with Crippen LogP contribution in [0.1, 0.15) is 16.7 Å². The van der Waals surface area contributed by atoms with Gasteiger partial charge in [-0.25, -0.2) is 9.97 Å². The van der Waals surface area contributed by atoms with E-state index in [9.17, 15) is 0 Å². The van der Waals surface area contributed by atoms with E-state index in [1.54, 1.807) is 6.33 Å². The fourth-order valence-corrected chi connectivity index (χ4v) is 2.76. The number of aryl methyl sites for hydroxylation is 2. The van der Waals surface area contributed by atoms with E-state index < -0.39 is 0 Å². The summed E-state index contributed by atoms with van der Waals surface area (Å²) in [6.45, 7) is 5.00. The van der Waals surface area contributed by atoms with E-state index in [2.05, 4.69) is 76.5 Å². The molecule has 0 unspecified atom stereocenters. The molecule has 0 fully saturated rings. The molecule has 0 aliphatic carbocycles. The van der Waals surface area contributed by atoms with Crippen molar-refractivity contribution in [1.82, 2.24) is 9.97 Å². The average molecular weight is 318 g/mol. The first-order valence-electron chi connectivity index (χ1n) is 8.02. The number of nitrogens with one attached hydrogen (secondary N) is 1. The van der Waals surface area contributed by atoms with Gasteiger partial charge in [0.15, 0.2) is 0 Å². The van der Waals surface area contributed by atoms with Gasteiger partial charge in [0.25, 0.3) is 0 Å². The highest BCUT2D eigenvalue weighted by Gasteiger charge is 2.06. The van der Waals surface area contributed by atoms with Crippen LogP contribution in [0.2, 0.25) is 0 Å². The molecule has 4 heteroatoms. The van der Waals surface area contributed by atoms with E-state index in [1.807, 2.05) is 19.2 Å². The van der Waals surface area contributed by atoms with Gasteiger partial charge in [0.1, 0.15) is 18.0 Å². The van der Waals surface area contributed by atoms with Crippen LogP contribution < -0.4 is 10.2 Å². The Morgan fingerprint density at radius 2 is 1.62 bits per heavy atom. The van der Waals surface area contributed by atoms with Crippen LogP contribution in [0.3, 0.4) is 0 Å². The second kappa shape index (κ2) is 7.13. The van der Waals surface area contributed by atoms with E-state index in [-0.39, 0.29) is 0 Å². The van der Waals surface area contributed by atoms with Crippen LogP contribution >= 0.6 is 0 Å². The Morgan fingerprint density at radius 1 is 0.917 bits per heavy atom. The molecule has 1 N–H and O–H groups in total. The van der Waals surface area contributed by atoms with Crippen molar-refractivity contribution in [1.29, 1.82) is 0 Å². The standard InChI is InChI=1S/C20H22N4/c1-15-9-16(2)11-18(10-15)23-19-12-20(22-14-21-19)24(3)13-17-7-5-4-6-8-17/h4-12,14H,13H2,1-3H3,(H,21,22,23). The zero-order valence-electron chi connectivity index (χ0n) is 14.3. The summed E-state index contributed by atoms with van der Waals surface area (Å²) in [5.41, 5.74) is 4.76. The molecule has 3 aromatic rings. The van der Waals surface area contributed by atoms with Gasteiger partial charge in [0.2, 0.25) is 0 Å². The maximum absolute atomic E-state index is 4.39. The first-order valence-corrected chi connectivity index (χ1v) is 8.02. The molecule has 0 aliphatic heterocycles. The number of rotatable bonds is 5. The van der Waals surface area contributed by atoms with Crippen molar-refractivity contribution in [3.63, 3.8) is 0 Å². The summed E-state index contributed by atoms with van der Waals surface area (Å²) in [7, 11) is 2.04. The summed E-state index contributed by atoms with van der Waals surface area (Å²) < 4.78 is 0. The molecule has 4 nitrogen and oxygen atoms in total. The molecule has 0 aliphatic rings. The normalized spacial score (nSPS) is 10.5. The van der Waals surface area contributed by atoms with Crippen molar-refractivity contribution in [2.24, 2.45) is 0 Å². The highest BCUT2D eigenvalue weighted by molar-refractivity contribution is 5.60. The van der Waals surface area contributed by atoms with Crippen LogP contribution in [0, 0.1) is 13.8 Å². The minimum atomic E-state index is 0.796. The Kier molecular flexibility index (Phi) is 4.75. The Morgan fingerprint density at radius 3 is 2.33 bits per heavy atom. The van der Waals surface area contributed by atoms with Crippen molar-refractivity contribution in [2.75, 3.05) is 17.3 Å². The van der Waals surface area contributed by atoms with E-state index in [0.717, 1.165) is 23.9 Å². The topological polar surface area (TPSA) is 41.0 Å². The largest absolute Gasteiger partial charge is 0.355 e. The minimum Gasteiger partial charge on any atom is -0.355 e. The molecule has 3 rings (SSSR count). The zero-order chi connectivity index (χ0) is 16.9. The molecule has 0 radical (unpaired) electrons. The fraction of sp³-hybridized carbons (Fsp3) is 0.200. The smallest absolute Gasteiger partial charge is 0.135 e. The minimum absolute atomic E-state index is 0.796. The molecule has 0 saturated heterocycles. The number of nitrogens with zero attached hydrogens (tertiary/aromatic N) is 3. The SMILES string of the molecule is Cc1cc(C)cc(Nc2cc(N(C)Cc3ccccc3)ncn2)c1. The fourth-order valence-electron chi connectivity index (χ4n) is 2.76. The van der Waals surface area contributed by atoms with Crippen molar-refractivity contribution in [2.45, 2.75) is 20.4 Å². The van der Waals surface area contributed by atoms with E-state index in [0.29, 0.717) is 0 Å². The molecule has 0 spiro atoms. The third-order valence-corrected chi connectivity index (χ3v) is 3.80. The van der Waals surface area contributed by atoms with Crippen LogP contribution in [-0.4, -0.2) is 17.0 Å². The van der Waals surface area contributed by atoms with E-state index in [4.69, 9.17) is 0 Å². The quantitative estimate of drug-likeness (QED) is 0.753. The number of benzene rings is 2. The molecule has 24 heavy (non-hydrogen) atoms. The number of hydrogen-bond donors (Lipinski definition) is 1. The Balaban J connectivity index is 1.76. The summed E-state index contributed by atoms with van der Waals surface area (Å²) in [5.74, 6) is 1.69. The molecule has 1 aromatic heterocycles. The summed E-state index contributed by atoms with van der Waals surface area (Å²) >= 11 is 0. The number of hydrogen-bond acceptors (Lipinski definition) is 4. The molecule has 2 aromatic carbocycles. The van der Waals surface area contributed by atoms with Gasteiger partial charge in [0, 0.05) is 25.3 Å². The highest BCUT2D eigenvalue weighted by atomic mass is 15.2. The Hall–Kier alpha value is -2.88. The van der Waals surface area contributed by atoms with Crippen LogP contribution in [-0.2, 0) is 6.54 Å². The molecule has 122 valence electrons. The lowest BCUT2D eigenvalue weighted by Crippen LogP contribution is -2.17. The summed E-state index contributed by atoms with van der Waals surface area (Å²) in [6, 6.07) is 18.7. The van der Waals surface area contributed by atoms with Crippen LogP contribution in [0.4, 0.5) is 17.3 Å². The number of aromatic nitrogens is 2. The Bertz CT molecular complexity index is 795. The third kappa shape index (κ3) is 4.10. The molecular weight excluding hydrogens is 296 g/mol. The lowest BCUT2D eigenvalue weighted by molar-refractivity contribution is 0.892. The van der Waals surface area contributed by atoms with Crippen molar-refractivity contribution in [3.05, 3.63) is 77.6 Å². The van der Waals surface area contributed by atoms with Gasteiger partial charge >= 0.3 is 0 Å². The van der Waals surface area contributed by atoms with Gasteiger partial charge in [-0.15, -0.1) is 0 Å². The lowest BCUT2D eigenvalue weighted by Gasteiger charge is -2.19. The summed E-state index contributed by atoms with van der Waals surface area (Å²) in [4.78, 5) is 10.8. The maximum atomic E-state index is 4.39. The van der Waals surface area contributed by atoms with Gasteiger partial charge in [-0.05, 0) is 42.7 Å². The van der Waals surface area contributed by atoms with Crippen LogP contribution in [0.25, 0.3) is 0 Å². The van der Waals surface area contributed by atoms with Crippen LogP contribution in [0.15, 0.2) is 60.9 Å². The van der Waals surface area contributed by atoms with E-state index in [1.165, 1.54) is 16.7 Å². The van der Waals surface area contributed by atoms with Gasteiger partial charge < -0.3 is 10.2 Å². The first kappa shape index (κ1) is 16.0. The van der Waals surface area contributed by atoms with Crippen molar-refractivity contribution in [3.8, 4) is 0 Å². The second-order valence-corrected chi connectivity index (χ2v) is 6.10. The monoisotopic (exact) mass is 318 g/mol. The molecule has 0 saturated carbocycles. The molecule has 0 bridgehead atoms. The highest BCUT2D eigenvalue weighted by Crippen LogP contribution is 2.21. The Labute approximate surface area is 143 Å². The summed E-state index contributed by atoms with van der Waals surface area (Å²) in [5, 5.41) is 3.37. The predicted molar refractivity (Wildman–Crippen MR) is 99.8 cm³/mol. The summed E-state index contributed by atoms with van der Waals surface area (Å²) in [6.07, 6.45) is 1.60. The van der Waals surface area contributed by atoms with Gasteiger partial charge in [-0.2, -0.15) is 0 Å².